The van der Waals surface area contributed by atoms with E-state index >= 15 is 0 Å². The molecule has 0 amide bonds. The number of allylic oxidation sites excluding steroid dienone is 1. The van der Waals surface area contributed by atoms with Crippen LogP contribution in [0.15, 0.2) is 60.7 Å². The predicted molar refractivity (Wildman–Crippen MR) is 87.9 cm³/mol. The number of hydrogen-bond donors (Lipinski definition) is 1. The third-order valence-electron chi connectivity index (χ3n) is 3.96. The molecule has 2 aromatic carbocycles. The molecule has 0 saturated heterocycles. The predicted octanol–water partition coefficient (Wildman–Crippen LogP) is 5.28. The standard InChI is InChI=1S/C19H14F6O3/c1-2-3-16(27)28-15-10-6-13(7-11-15)17(18(20,21)22,19(23,24)25)12-4-8-14(26)9-5-12/h2-11,26H,1H3. The molecule has 150 valence electrons. The lowest BCUT2D eigenvalue weighted by Crippen LogP contribution is -2.54. The molecule has 0 fully saturated rings. The summed E-state index contributed by atoms with van der Waals surface area (Å²) in [6, 6.07) is 5.53. The highest BCUT2D eigenvalue weighted by Gasteiger charge is 2.72. The second-order valence-corrected chi connectivity index (χ2v) is 5.74. The molecule has 0 bridgehead atoms. The first-order valence-electron chi connectivity index (χ1n) is 7.81. The number of halogens is 6. The number of aromatic hydroxyl groups is 1. The number of rotatable bonds is 4. The molecule has 0 aliphatic rings. The van der Waals surface area contributed by atoms with Gasteiger partial charge in [0.15, 0.2) is 0 Å². The molecule has 0 spiro atoms. The maximum Gasteiger partial charge on any atom is 0.411 e. The molecule has 0 aliphatic carbocycles. The Morgan fingerprint density at radius 2 is 1.29 bits per heavy atom. The summed E-state index contributed by atoms with van der Waals surface area (Å²) < 4.78 is 88.1. The molecule has 0 heterocycles. The number of benzene rings is 2. The zero-order valence-corrected chi connectivity index (χ0v) is 14.3. The van der Waals surface area contributed by atoms with Gasteiger partial charge in [-0.2, -0.15) is 26.3 Å². The van der Waals surface area contributed by atoms with Crippen molar-refractivity contribution in [3.05, 3.63) is 71.8 Å². The number of alkyl halides is 6. The fourth-order valence-corrected chi connectivity index (χ4v) is 2.75. The SMILES string of the molecule is CC=CC(=O)Oc1ccc(C(c2ccc(O)cc2)(C(F)(F)F)C(F)(F)F)cc1. The van der Waals surface area contributed by atoms with Gasteiger partial charge in [-0.1, -0.05) is 30.3 Å². The van der Waals surface area contributed by atoms with Gasteiger partial charge in [0, 0.05) is 6.08 Å². The molecule has 2 aromatic rings. The van der Waals surface area contributed by atoms with Gasteiger partial charge in [-0.05, 0) is 42.3 Å². The Hall–Kier alpha value is -2.97. The fourth-order valence-electron chi connectivity index (χ4n) is 2.75. The molecule has 0 atom stereocenters. The van der Waals surface area contributed by atoms with E-state index in [4.69, 9.17) is 4.74 Å². The zero-order chi connectivity index (χ0) is 21.2. The Labute approximate surface area is 155 Å². The zero-order valence-electron chi connectivity index (χ0n) is 14.3. The van der Waals surface area contributed by atoms with E-state index in [0.717, 1.165) is 30.3 Å². The summed E-state index contributed by atoms with van der Waals surface area (Å²) in [6.45, 7) is 1.53. The molecule has 0 aliphatic heterocycles. The van der Waals surface area contributed by atoms with Crippen molar-refractivity contribution in [3.8, 4) is 11.5 Å². The van der Waals surface area contributed by atoms with E-state index < -0.39 is 40.6 Å². The van der Waals surface area contributed by atoms with Crippen LogP contribution >= 0.6 is 0 Å². The number of phenolic OH excluding ortho intramolecular Hbond substituents is 1. The topological polar surface area (TPSA) is 46.5 Å². The van der Waals surface area contributed by atoms with Gasteiger partial charge in [-0.15, -0.1) is 0 Å². The van der Waals surface area contributed by atoms with Crippen molar-refractivity contribution in [3.63, 3.8) is 0 Å². The summed E-state index contributed by atoms with van der Waals surface area (Å²) in [5.74, 6) is -1.52. The molecule has 28 heavy (non-hydrogen) atoms. The van der Waals surface area contributed by atoms with Gasteiger partial charge in [0.05, 0.1) is 0 Å². The van der Waals surface area contributed by atoms with Crippen molar-refractivity contribution in [1.29, 1.82) is 0 Å². The summed E-state index contributed by atoms with van der Waals surface area (Å²) in [7, 11) is 0. The van der Waals surface area contributed by atoms with Crippen molar-refractivity contribution >= 4 is 5.97 Å². The van der Waals surface area contributed by atoms with E-state index in [1.54, 1.807) is 0 Å². The molecule has 0 saturated carbocycles. The van der Waals surface area contributed by atoms with Crippen LogP contribution in [0, 0.1) is 0 Å². The van der Waals surface area contributed by atoms with Crippen LogP contribution < -0.4 is 4.74 Å². The summed E-state index contributed by atoms with van der Waals surface area (Å²) in [5.41, 5.74) is -6.55. The summed E-state index contributed by atoms with van der Waals surface area (Å²) >= 11 is 0. The highest BCUT2D eigenvalue weighted by molar-refractivity contribution is 5.83. The van der Waals surface area contributed by atoms with Crippen LogP contribution in [0.2, 0.25) is 0 Å². The maximum atomic E-state index is 13.9. The third kappa shape index (κ3) is 3.83. The molecular weight excluding hydrogens is 390 g/mol. The Balaban J connectivity index is 2.65. The number of carbonyl (C=O) groups excluding carboxylic acids is 1. The van der Waals surface area contributed by atoms with Crippen molar-refractivity contribution < 1.29 is 41.0 Å². The number of ether oxygens (including phenoxy) is 1. The van der Waals surface area contributed by atoms with Gasteiger partial charge in [-0.25, -0.2) is 4.79 Å². The highest BCUT2D eigenvalue weighted by atomic mass is 19.4. The van der Waals surface area contributed by atoms with E-state index in [9.17, 15) is 36.2 Å². The summed E-state index contributed by atoms with van der Waals surface area (Å²) in [4.78, 5) is 11.4. The first-order chi connectivity index (χ1) is 12.9. The molecule has 2 rings (SSSR count). The number of esters is 1. The van der Waals surface area contributed by atoms with Crippen LogP contribution in [0.1, 0.15) is 18.1 Å². The smallest absolute Gasteiger partial charge is 0.411 e. The van der Waals surface area contributed by atoms with E-state index in [2.05, 4.69) is 0 Å². The maximum absolute atomic E-state index is 13.9. The van der Waals surface area contributed by atoms with Crippen molar-refractivity contribution in [1.82, 2.24) is 0 Å². The summed E-state index contributed by atoms with van der Waals surface area (Å²) in [6.07, 6.45) is -9.09. The molecule has 9 heteroatoms. The molecule has 0 aromatic heterocycles. The number of carbonyl (C=O) groups is 1. The Morgan fingerprint density at radius 3 is 1.68 bits per heavy atom. The van der Waals surface area contributed by atoms with E-state index in [-0.39, 0.29) is 5.75 Å². The van der Waals surface area contributed by atoms with Crippen molar-refractivity contribution in [2.45, 2.75) is 24.7 Å². The van der Waals surface area contributed by atoms with Crippen LogP contribution in [0.3, 0.4) is 0 Å². The van der Waals surface area contributed by atoms with Gasteiger partial charge in [0.2, 0.25) is 5.41 Å². The Bertz CT molecular complexity index is 835. The Kier molecular flexibility index (Phi) is 5.77. The lowest BCUT2D eigenvalue weighted by atomic mass is 9.73. The van der Waals surface area contributed by atoms with E-state index in [1.165, 1.54) is 13.0 Å². The van der Waals surface area contributed by atoms with E-state index in [0.29, 0.717) is 24.3 Å². The minimum Gasteiger partial charge on any atom is -0.508 e. The first-order valence-corrected chi connectivity index (χ1v) is 7.81. The van der Waals surface area contributed by atoms with Gasteiger partial charge >= 0.3 is 18.3 Å². The average molecular weight is 404 g/mol. The molecule has 1 N–H and O–H groups in total. The fraction of sp³-hybridized carbons (Fsp3) is 0.211. The van der Waals surface area contributed by atoms with Crippen LogP contribution in [0.5, 0.6) is 11.5 Å². The van der Waals surface area contributed by atoms with Crippen molar-refractivity contribution in [2.24, 2.45) is 0 Å². The second-order valence-electron chi connectivity index (χ2n) is 5.74. The van der Waals surface area contributed by atoms with Crippen LogP contribution in [0.25, 0.3) is 0 Å². The number of hydrogen-bond acceptors (Lipinski definition) is 3. The molecule has 0 unspecified atom stereocenters. The lowest BCUT2D eigenvalue weighted by molar-refractivity contribution is -0.288. The van der Waals surface area contributed by atoms with Gasteiger partial charge in [0.25, 0.3) is 0 Å². The minimum absolute atomic E-state index is 0.212. The van der Waals surface area contributed by atoms with Crippen LogP contribution in [-0.2, 0) is 10.2 Å². The van der Waals surface area contributed by atoms with Gasteiger partial charge in [0.1, 0.15) is 11.5 Å². The lowest BCUT2D eigenvalue weighted by Gasteiger charge is -2.38. The summed E-state index contributed by atoms with van der Waals surface area (Å²) in [5, 5.41) is 9.25. The monoisotopic (exact) mass is 404 g/mol. The average Bonchev–Trinajstić information content (AvgIpc) is 2.56. The van der Waals surface area contributed by atoms with Gasteiger partial charge in [-0.3, -0.25) is 0 Å². The van der Waals surface area contributed by atoms with Crippen LogP contribution in [0.4, 0.5) is 26.3 Å². The Morgan fingerprint density at radius 1 is 0.857 bits per heavy atom. The largest absolute Gasteiger partial charge is 0.508 e. The molecule has 0 radical (unpaired) electrons. The highest BCUT2D eigenvalue weighted by Crippen LogP contribution is 2.56. The quantitative estimate of drug-likeness (QED) is 0.326. The molecule has 3 nitrogen and oxygen atoms in total. The molecular formula is C19H14F6O3. The minimum atomic E-state index is -5.74. The first kappa shape index (κ1) is 21.3. The third-order valence-corrected chi connectivity index (χ3v) is 3.96. The normalized spacial score (nSPS) is 13.0. The van der Waals surface area contributed by atoms with Gasteiger partial charge < -0.3 is 9.84 Å². The van der Waals surface area contributed by atoms with Crippen LogP contribution in [-0.4, -0.2) is 23.4 Å². The van der Waals surface area contributed by atoms with E-state index in [1.807, 2.05) is 0 Å². The number of phenols is 1. The second kappa shape index (κ2) is 7.57. The van der Waals surface area contributed by atoms with Crippen molar-refractivity contribution in [2.75, 3.05) is 0 Å².